The molecule has 0 saturated carbocycles. The summed E-state index contributed by atoms with van der Waals surface area (Å²) in [6.45, 7) is 7.09. The monoisotopic (exact) mass is 593 g/mol. The molecule has 10 heteroatoms. The van der Waals surface area contributed by atoms with E-state index in [4.69, 9.17) is 4.42 Å². The van der Waals surface area contributed by atoms with Gasteiger partial charge in [0.1, 0.15) is 11.6 Å². The van der Waals surface area contributed by atoms with Crippen LogP contribution in [0.3, 0.4) is 0 Å². The molecule has 1 atom stereocenters. The highest BCUT2D eigenvalue weighted by Crippen LogP contribution is 2.38. The first-order valence-corrected chi connectivity index (χ1v) is 13.7. The third-order valence-corrected chi connectivity index (χ3v) is 7.81. The number of hydrogen-bond acceptors (Lipinski definition) is 5. The van der Waals surface area contributed by atoms with Crippen molar-refractivity contribution in [2.45, 2.75) is 53.1 Å². The fraction of sp³-hybridized carbons (Fsp3) is 0.333. The summed E-state index contributed by atoms with van der Waals surface area (Å²) < 4.78 is 60.9. The van der Waals surface area contributed by atoms with E-state index in [1.807, 2.05) is 19.1 Å². The van der Waals surface area contributed by atoms with E-state index in [-0.39, 0.29) is 57.1 Å². The molecule has 1 N–H and O–H groups in total. The second kappa shape index (κ2) is 12.0. The molecule has 2 heterocycles. The van der Waals surface area contributed by atoms with Crippen LogP contribution in [-0.2, 0) is 6.42 Å². The Morgan fingerprint density at radius 3 is 2.30 bits per heavy atom. The number of rotatable bonds is 9. The van der Waals surface area contributed by atoms with Gasteiger partial charge >= 0.3 is 6.18 Å². The van der Waals surface area contributed by atoms with E-state index < -0.39 is 41.9 Å². The van der Waals surface area contributed by atoms with Gasteiger partial charge in [-0.15, -0.1) is 0 Å². The van der Waals surface area contributed by atoms with Crippen molar-refractivity contribution in [2.75, 3.05) is 7.05 Å². The summed E-state index contributed by atoms with van der Waals surface area (Å²) in [5, 5.41) is 12.5. The van der Waals surface area contributed by atoms with Crippen LogP contribution in [0.5, 0.6) is 0 Å². The maximum atomic E-state index is 15.0. The van der Waals surface area contributed by atoms with Crippen molar-refractivity contribution in [2.24, 2.45) is 11.3 Å². The minimum Gasteiger partial charge on any atom is -0.437 e. The van der Waals surface area contributed by atoms with Crippen molar-refractivity contribution >= 4 is 22.8 Å². The number of benzene rings is 2. The largest absolute Gasteiger partial charge is 0.437 e. The molecule has 0 aliphatic heterocycles. The number of Topliss-reactive ketones (excluding diaryl/α,β-unsaturated/α-hetero) is 1. The molecule has 6 nitrogen and oxygen atoms in total. The van der Waals surface area contributed by atoms with Crippen molar-refractivity contribution in [3.05, 3.63) is 76.7 Å². The van der Waals surface area contributed by atoms with Gasteiger partial charge in [0.25, 0.3) is 5.91 Å². The summed E-state index contributed by atoms with van der Waals surface area (Å²) in [5.41, 5.74) is 0.741. The molecular formula is C33H31F4N3O3. The molecule has 43 heavy (non-hydrogen) atoms. The van der Waals surface area contributed by atoms with Crippen LogP contribution in [-0.4, -0.2) is 29.9 Å². The number of pyridine rings is 1. The molecule has 1 amide bonds. The number of nitrogens with zero attached hydrogens (tertiary/aromatic N) is 2. The van der Waals surface area contributed by atoms with Gasteiger partial charge in [-0.1, -0.05) is 49.7 Å². The summed E-state index contributed by atoms with van der Waals surface area (Å²) >= 11 is 0. The fourth-order valence-corrected chi connectivity index (χ4v) is 4.73. The van der Waals surface area contributed by atoms with Crippen LogP contribution in [0.1, 0.15) is 65.6 Å². The molecule has 0 saturated heterocycles. The van der Waals surface area contributed by atoms with Gasteiger partial charge in [-0.2, -0.15) is 18.4 Å². The van der Waals surface area contributed by atoms with Crippen LogP contribution in [0.4, 0.5) is 17.6 Å². The van der Waals surface area contributed by atoms with Crippen LogP contribution in [0.2, 0.25) is 0 Å². The van der Waals surface area contributed by atoms with E-state index in [2.05, 4.69) is 16.4 Å². The smallest absolute Gasteiger partial charge is 0.389 e. The first kappa shape index (κ1) is 31.4. The number of aromatic nitrogens is 1. The Bertz CT molecular complexity index is 1730. The van der Waals surface area contributed by atoms with Gasteiger partial charge in [-0.25, -0.2) is 9.37 Å². The van der Waals surface area contributed by atoms with Gasteiger partial charge in [-0.3, -0.25) is 9.59 Å². The van der Waals surface area contributed by atoms with Crippen molar-refractivity contribution in [1.29, 1.82) is 5.26 Å². The van der Waals surface area contributed by atoms with E-state index in [1.165, 1.54) is 25.2 Å². The van der Waals surface area contributed by atoms with Gasteiger partial charge in [-0.05, 0) is 49.9 Å². The summed E-state index contributed by atoms with van der Waals surface area (Å²) in [7, 11) is 1.44. The highest BCUT2D eigenvalue weighted by molar-refractivity contribution is 6.11. The zero-order valence-electron chi connectivity index (χ0n) is 24.4. The zero-order chi connectivity index (χ0) is 31.7. The first-order valence-electron chi connectivity index (χ1n) is 13.7. The predicted octanol–water partition coefficient (Wildman–Crippen LogP) is 8.22. The Labute approximate surface area is 246 Å². The van der Waals surface area contributed by atoms with E-state index in [0.29, 0.717) is 5.56 Å². The summed E-state index contributed by atoms with van der Waals surface area (Å²) in [5.74, 6) is -1.93. The number of amides is 1. The number of halogens is 4. The Balaban J connectivity index is 1.94. The number of alkyl halides is 3. The number of aryl methyl sites for hydroxylation is 2. The quantitative estimate of drug-likeness (QED) is 0.156. The number of nitrogens with one attached hydrogen (secondary N) is 1. The average molecular weight is 594 g/mol. The Morgan fingerprint density at radius 1 is 1.07 bits per heavy atom. The molecule has 4 rings (SSSR count). The Hall–Kier alpha value is -4.52. The molecule has 4 aromatic rings. The first-order chi connectivity index (χ1) is 20.2. The molecule has 2 aromatic heterocycles. The summed E-state index contributed by atoms with van der Waals surface area (Å²) in [6.07, 6.45) is -6.44. The van der Waals surface area contributed by atoms with Crippen molar-refractivity contribution in [3.8, 4) is 28.5 Å². The van der Waals surface area contributed by atoms with E-state index >= 15 is 0 Å². The number of carbonyl (C=O) groups is 2. The van der Waals surface area contributed by atoms with Crippen molar-refractivity contribution in [3.63, 3.8) is 0 Å². The number of hydrogen-bond donors (Lipinski definition) is 1. The topological polar surface area (TPSA) is 96.0 Å². The van der Waals surface area contributed by atoms with E-state index in [9.17, 15) is 32.4 Å². The molecule has 0 spiro atoms. The second-order valence-corrected chi connectivity index (χ2v) is 11.2. The minimum absolute atomic E-state index is 0.00605. The normalized spacial score (nSPS) is 13.1. The van der Waals surface area contributed by atoms with Gasteiger partial charge in [0, 0.05) is 31.0 Å². The molecule has 0 fully saturated rings. The van der Waals surface area contributed by atoms with Crippen molar-refractivity contribution in [1.82, 2.24) is 10.3 Å². The third kappa shape index (κ3) is 6.61. The molecule has 0 bridgehead atoms. The number of ketones is 1. The molecule has 0 radical (unpaired) electrons. The second-order valence-electron chi connectivity index (χ2n) is 11.2. The lowest BCUT2D eigenvalue weighted by Crippen LogP contribution is -2.25. The summed E-state index contributed by atoms with van der Waals surface area (Å²) in [4.78, 5) is 30.7. The lowest BCUT2D eigenvalue weighted by Gasteiger charge is -2.25. The molecule has 2 aromatic carbocycles. The Kier molecular flexibility index (Phi) is 8.76. The van der Waals surface area contributed by atoms with Gasteiger partial charge in [0.2, 0.25) is 5.71 Å². The highest BCUT2D eigenvalue weighted by Gasteiger charge is 2.33. The lowest BCUT2D eigenvalue weighted by molar-refractivity contribution is -0.134. The van der Waals surface area contributed by atoms with Crippen LogP contribution >= 0.6 is 0 Å². The maximum Gasteiger partial charge on any atom is 0.389 e. The van der Waals surface area contributed by atoms with Crippen LogP contribution in [0.25, 0.3) is 33.6 Å². The fourth-order valence-electron chi connectivity index (χ4n) is 4.73. The molecule has 0 aliphatic rings. The number of furan rings is 1. The third-order valence-electron chi connectivity index (χ3n) is 7.81. The number of carbonyl (C=O) groups excluding carboxylic acids is 2. The maximum absolute atomic E-state index is 15.0. The molecular weight excluding hydrogens is 562 g/mol. The average Bonchev–Trinajstić information content (AvgIpc) is 3.33. The van der Waals surface area contributed by atoms with Crippen molar-refractivity contribution < 1.29 is 31.6 Å². The van der Waals surface area contributed by atoms with Gasteiger partial charge < -0.3 is 9.73 Å². The van der Waals surface area contributed by atoms with E-state index in [1.54, 1.807) is 32.9 Å². The standard InChI is InChI=1S/C33H31F4N3O3/c1-18(2)32(4,17-38)16-27(41)23-14-21(10-11-25(23)34)22-15-24-28(30(42)39-5)29(20-8-6-19(3)7-9-20)43-31(24)40-26(22)12-13-33(35,36)37/h6-11,14-15,18H,12-13,16H2,1-5H3,(H,39,42). The molecule has 0 aliphatic carbocycles. The van der Waals surface area contributed by atoms with Crippen LogP contribution in [0.15, 0.2) is 52.9 Å². The molecule has 1 unspecified atom stereocenters. The van der Waals surface area contributed by atoms with Gasteiger partial charge in [0.15, 0.2) is 5.78 Å². The summed E-state index contributed by atoms with van der Waals surface area (Å²) in [6, 6.07) is 14.5. The van der Waals surface area contributed by atoms with Crippen LogP contribution in [0, 0.1) is 35.4 Å². The Morgan fingerprint density at radius 2 is 1.72 bits per heavy atom. The van der Waals surface area contributed by atoms with Gasteiger partial charge in [0.05, 0.1) is 33.7 Å². The highest BCUT2D eigenvalue weighted by atomic mass is 19.4. The number of nitriles is 1. The van der Waals surface area contributed by atoms with E-state index in [0.717, 1.165) is 11.6 Å². The predicted molar refractivity (Wildman–Crippen MR) is 155 cm³/mol. The molecule has 224 valence electrons. The number of fused-ring (bicyclic) bond motifs is 1. The lowest BCUT2D eigenvalue weighted by atomic mass is 9.75. The zero-order valence-corrected chi connectivity index (χ0v) is 24.4. The minimum atomic E-state index is -4.49. The van der Waals surface area contributed by atoms with Crippen LogP contribution < -0.4 is 5.32 Å². The SMILES string of the molecule is CNC(=O)c1c(-c2ccc(C)cc2)oc2nc(CCC(F)(F)F)c(-c3ccc(F)c(C(=O)CC(C)(C#N)C(C)C)c3)cc12.